The highest BCUT2D eigenvalue weighted by atomic mass is 16.5. The van der Waals surface area contributed by atoms with Crippen molar-refractivity contribution < 1.29 is 9.84 Å². The molecule has 1 aromatic carbocycles. The Morgan fingerprint density at radius 1 is 1.39 bits per heavy atom. The van der Waals surface area contributed by atoms with Crippen molar-refractivity contribution in [2.45, 2.75) is 13.0 Å². The van der Waals surface area contributed by atoms with Crippen molar-refractivity contribution in [2.24, 2.45) is 4.99 Å². The molecule has 4 heteroatoms. The largest absolute Gasteiger partial charge is 0.507 e. The van der Waals surface area contributed by atoms with Gasteiger partial charge in [-0.05, 0) is 19.1 Å². The van der Waals surface area contributed by atoms with Gasteiger partial charge in [0, 0.05) is 30.9 Å². The Hall–Kier alpha value is -1.39. The second kappa shape index (κ2) is 6.52. The normalized spacial score (nSPS) is 19.2. The molecule has 0 bridgehead atoms. The minimum Gasteiger partial charge on any atom is -0.507 e. The summed E-state index contributed by atoms with van der Waals surface area (Å²) in [5.74, 6) is 0.278. The van der Waals surface area contributed by atoms with E-state index >= 15 is 0 Å². The van der Waals surface area contributed by atoms with Crippen LogP contribution in [-0.2, 0) is 4.74 Å². The Balaban J connectivity index is 1.85. The lowest BCUT2D eigenvalue weighted by atomic mass is 10.2. The summed E-state index contributed by atoms with van der Waals surface area (Å²) in [5, 5.41) is 9.61. The summed E-state index contributed by atoms with van der Waals surface area (Å²) in [6.45, 7) is 6.50. The Kier molecular flexibility index (Phi) is 4.73. The van der Waals surface area contributed by atoms with Crippen molar-refractivity contribution in [3.63, 3.8) is 0 Å². The minimum absolute atomic E-state index is 0.278. The summed E-state index contributed by atoms with van der Waals surface area (Å²) in [6.07, 6.45) is 1.74. The van der Waals surface area contributed by atoms with Crippen LogP contribution >= 0.6 is 0 Å². The molecule has 1 fully saturated rings. The number of hydrogen-bond donors (Lipinski definition) is 1. The standard InChI is InChI=1S/C14H20N2O2/c1-12(16-6-8-18-9-7-16)10-15-11-13-4-2-3-5-14(13)17/h2-5,11-12,17H,6-10H2,1H3. The highest BCUT2D eigenvalue weighted by Crippen LogP contribution is 2.13. The number of ether oxygens (including phenoxy) is 1. The highest BCUT2D eigenvalue weighted by Gasteiger charge is 2.15. The van der Waals surface area contributed by atoms with Gasteiger partial charge in [0.25, 0.3) is 0 Å². The molecule has 0 aliphatic carbocycles. The van der Waals surface area contributed by atoms with E-state index in [2.05, 4.69) is 16.8 Å². The lowest BCUT2D eigenvalue weighted by molar-refractivity contribution is 0.0221. The third-order valence-corrected chi connectivity index (χ3v) is 3.21. The second-order valence-electron chi connectivity index (χ2n) is 4.55. The molecule has 1 saturated heterocycles. The molecule has 1 aliphatic heterocycles. The summed E-state index contributed by atoms with van der Waals surface area (Å²) in [6, 6.07) is 7.65. The molecule has 2 rings (SSSR count). The van der Waals surface area contributed by atoms with Crippen molar-refractivity contribution >= 4 is 6.21 Å². The minimum atomic E-state index is 0.278. The zero-order chi connectivity index (χ0) is 12.8. The van der Waals surface area contributed by atoms with Crippen molar-refractivity contribution in [2.75, 3.05) is 32.8 Å². The molecule has 18 heavy (non-hydrogen) atoms. The SMILES string of the molecule is CC(CN=Cc1ccccc1O)N1CCOCC1. The van der Waals surface area contributed by atoms with E-state index in [1.165, 1.54) is 0 Å². The number of morpholine rings is 1. The van der Waals surface area contributed by atoms with E-state index in [1.54, 1.807) is 12.3 Å². The quantitative estimate of drug-likeness (QED) is 0.822. The number of para-hydroxylation sites is 1. The van der Waals surface area contributed by atoms with Gasteiger partial charge in [-0.25, -0.2) is 0 Å². The maximum atomic E-state index is 9.61. The van der Waals surface area contributed by atoms with Crippen LogP contribution in [-0.4, -0.2) is 55.1 Å². The molecule has 1 aromatic rings. The molecule has 1 aliphatic rings. The van der Waals surface area contributed by atoms with Crippen LogP contribution in [0.25, 0.3) is 0 Å². The smallest absolute Gasteiger partial charge is 0.124 e. The second-order valence-corrected chi connectivity index (χ2v) is 4.55. The van der Waals surface area contributed by atoms with Crippen molar-refractivity contribution in [3.05, 3.63) is 29.8 Å². The van der Waals surface area contributed by atoms with Crippen LogP contribution in [0.15, 0.2) is 29.3 Å². The van der Waals surface area contributed by atoms with E-state index in [-0.39, 0.29) is 5.75 Å². The van der Waals surface area contributed by atoms with Gasteiger partial charge in [-0.2, -0.15) is 0 Å². The molecule has 4 nitrogen and oxygen atoms in total. The Morgan fingerprint density at radius 2 is 2.11 bits per heavy atom. The summed E-state index contributed by atoms with van der Waals surface area (Å²) in [4.78, 5) is 6.79. The van der Waals surface area contributed by atoms with Crippen LogP contribution in [0, 0.1) is 0 Å². The number of hydrogen-bond acceptors (Lipinski definition) is 4. The highest BCUT2D eigenvalue weighted by molar-refractivity contribution is 5.83. The predicted molar refractivity (Wildman–Crippen MR) is 72.4 cm³/mol. The lowest BCUT2D eigenvalue weighted by Gasteiger charge is -2.31. The lowest BCUT2D eigenvalue weighted by Crippen LogP contribution is -2.43. The maximum absolute atomic E-state index is 9.61. The van der Waals surface area contributed by atoms with Crippen LogP contribution < -0.4 is 0 Å². The molecule has 0 saturated carbocycles. The van der Waals surface area contributed by atoms with Gasteiger partial charge in [-0.3, -0.25) is 9.89 Å². The Labute approximate surface area is 108 Å². The van der Waals surface area contributed by atoms with Gasteiger partial charge in [0.15, 0.2) is 0 Å². The third-order valence-electron chi connectivity index (χ3n) is 3.21. The van der Waals surface area contributed by atoms with Crippen molar-refractivity contribution in [1.82, 2.24) is 4.90 Å². The van der Waals surface area contributed by atoms with Crippen LogP contribution in [0.2, 0.25) is 0 Å². The van der Waals surface area contributed by atoms with Gasteiger partial charge in [-0.15, -0.1) is 0 Å². The molecule has 98 valence electrons. The first kappa shape index (κ1) is 13.1. The van der Waals surface area contributed by atoms with E-state index in [0.29, 0.717) is 6.04 Å². The van der Waals surface area contributed by atoms with E-state index in [4.69, 9.17) is 4.74 Å². The van der Waals surface area contributed by atoms with Gasteiger partial charge in [0.2, 0.25) is 0 Å². The number of aromatic hydroxyl groups is 1. The van der Waals surface area contributed by atoms with Gasteiger partial charge in [-0.1, -0.05) is 12.1 Å². The molecule has 1 atom stereocenters. The molecule has 0 radical (unpaired) electrons. The number of phenolic OH excluding ortho intramolecular Hbond substituents is 1. The van der Waals surface area contributed by atoms with E-state index in [0.717, 1.165) is 38.4 Å². The molecule has 1 unspecified atom stereocenters. The molecular weight excluding hydrogens is 228 g/mol. The summed E-state index contributed by atoms with van der Waals surface area (Å²) in [7, 11) is 0. The number of phenols is 1. The maximum Gasteiger partial charge on any atom is 0.124 e. The van der Waals surface area contributed by atoms with Gasteiger partial charge < -0.3 is 9.84 Å². The van der Waals surface area contributed by atoms with Crippen LogP contribution in [0.4, 0.5) is 0 Å². The van der Waals surface area contributed by atoms with E-state index in [9.17, 15) is 5.11 Å². The molecule has 0 amide bonds. The van der Waals surface area contributed by atoms with Crippen LogP contribution in [0.3, 0.4) is 0 Å². The van der Waals surface area contributed by atoms with Gasteiger partial charge in [0.1, 0.15) is 5.75 Å². The average molecular weight is 248 g/mol. The van der Waals surface area contributed by atoms with Crippen LogP contribution in [0.1, 0.15) is 12.5 Å². The third kappa shape index (κ3) is 3.55. The zero-order valence-electron chi connectivity index (χ0n) is 10.7. The molecule has 1 N–H and O–H groups in total. The Morgan fingerprint density at radius 3 is 2.83 bits per heavy atom. The van der Waals surface area contributed by atoms with Crippen molar-refractivity contribution in [1.29, 1.82) is 0 Å². The molecule has 0 spiro atoms. The zero-order valence-corrected chi connectivity index (χ0v) is 10.7. The number of benzene rings is 1. The number of nitrogens with zero attached hydrogens (tertiary/aromatic N) is 2. The topological polar surface area (TPSA) is 45.1 Å². The fourth-order valence-corrected chi connectivity index (χ4v) is 2.03. The summed E-state index contributed by atoms with van der Waals surface area (Å²) in [5.41, 5.74) is 0.770. The molecule has 0 aromatic heterocycles. The van der Waals surface area contributed by atoms with Gasteiger partial charge >= 0.3 is 0 Å². The first-order valence-corrected chi connectivity index (χ1v) is 6.37. The monoisotopic (exact) mass is 248 g/mol. The van der Waals surface area contributed by atoms with Gasteiger partial charge in [0.05, 0.1) is 19.8 Å². The molecule has 1 heterocycles. The fraction of sp³-hybridized carbons (Fsp3) is 0.500. The number of aliphatic imine (C=N–C) groups is 1. The fourth-order valence-electron chi connectivity index (χ4n) is 2.03. The first-order valence-electron chi connectivity index (χ1n) is 6.37. The van der Waals surface area contributed by atoms with Crippen LogP contribution in [0.5, 0.6) is 5.75 Å². The average Bonchev–Trinajstić information content (AvgIpc) is 2.42. The molecular formula is C14H20N2O2. The first-order chi connectivity index (χ1) is 8.77. The summed E-state index contributed by atoms with van der Waals surface area (Å²) >= 11 is 0. The van der Waals surface area contributed by atoms with Crippen molar-refractivity contribution in [3.8, 4) is 5.75 Å². The Bertz CT molecular complexity index is 401. The number of rotatable bonds is 4. The van der Waals surface area contributed by atoms with E-state index < -0.39 is 0 Å². The summed E-state index contributed by atoms with van der Waals surface area (Å²) < 4.78 is 5.33. The predicted octanol–water partition coefficient (Wildman–Crippen LogP) is 1.53. The van der Waals surface area contributed by atoms with E-state index in [1.807, 2.05) is 18.2 Å².